The minimum absolute atomic E-state index is 0.181. The van der Waals surface area contributed by atoms with Crippen LogP contribution in [0.2, 0.25) is 0 Å². The standard InChI is InChI=1S/C13H14BrNO3/c14-10-4-2-1-3-9(10)5-6-13(18)15-7-11(16)12(17)8-15/h1-6,11-12,16-17H,7-8H2/b6-5+. The molecular formula is C13H14BrNO3. The summed E-state index contributed by atoms with van der Waals surface area (Å²) >= 11 is 3.39. The van der Waals surface area contributed by atoms with Crippen LogP contribution in [-0.4, -0.2) is 46.3 Å². The van der Waals surface area contributed by atoms with Crippen molar-refractivity contribution in [2.24, 2.45) is 0 Å². The zero-order valence-electron chi connectivity index (χ0n) is 9.66. The number of carbonyl (C=O) groups is 1. The molecule has 0 aromatic heterocycles. The minimum Gasteiger partial charge on any atom is -0.388 e. The molecule has 1 fully saturated rings. The molecule has 2 atom stereocenters. The molecule has 1 aromatic rings. The van der Waals surface area contributed by atoms with Gasteiger partial charge in [0.05, 0.1) is 12.2 Å². The van der Waals surface area contributed by atoms with Crippen molar-refractivity contribution in [2.75, 3.05) is 13.1 Å². The van der Waals surface area contributed by atoms with E-state index in [1.54, 1.807) is 6.08 Å². The molecule has 2 rings (SSSR count). The molecule has 5 heteroatoms. The van der Waals surface area contributed by atoms with E-state index in [1.165, 1.54) is 11.0 Å². The highest BCUT2D eigenvalue weighted by Crippen LogP contribution is 2.17. The highest BCUT2D eigenvalue weighted by molar-refractivity contribution is 9.10. The SMILES string of the molecule is O=C(/C=C/c1ccccc1Br)N1CC(O)C(O)C1. The number of rotatable bonds is 2. The summed E-state index contributed by atoms with van der Waals surface area (Å²) in [7, 11) is 0. The highest BCUT2D eigenvalue weighted by atomic mass is 79.9. The summed E-state index contributed by atoms with van der Waals surface area (Å²) in [5.74, 6) is -0.207. The summed E-state index contributed by atoms with van der Waals surface area (Å²) in [6, 6.07) is 7.57. The molecule has 1 saturated heterocycles. The minimum atomic E-state index is -0.842. The molecule has 2 N–H and O–H groups in total. The number of nitrogens with zero attached hydrogens (tertiary/aromatic N) is 1. The van der Waals surface area contributed by atoms with Crippen LogP contribution in [0.3, 0.4) is 0 Å². The van der Waals surface area contributed by atoms with Gasteiger partial charge in [0.2, 0.25) is 5.91 Å². The van der Waals surface area contributed by atoms with Gasteiger partial charge < -0.3 is 15.1 Å². The number of likely N-dealkylation sites (tertiary alicyclic amines) is 1. The third kappa shape index (κ3) is 2.98. The van der Waals surface area contributed by atoms with E-state index in [0.29, 0.717) is 0 Å². The molecular weight excluding hydrogens is 298 g/mol. The Morgan fingerprint density at radius 1 is 1.28 bits per heavy atom. The van der Waals surface area contributed by atoms with Crippen molar-refractivity contribution >= 4 is 27.9 Å². The van der Waals surface area contributed by atoms with Crippen LogP contribution >= 0.6 is 15.9 Å². The van der Waals surface area contributed by atoms with Crippen LogP contribution in [0.25, 0.3) is 6.08 Å². The maximum Gasteiger partial charge on any atom is 0.246 e. The smallest absolute Gasteiger partial charge is 0.246 e. The molecule has 0 saturated carbocycles. The van der Waals surface area contributed by atoms with E-state index < -0.39 is 12.2 Å². The Hall–Kier alpha value is -1.17. The summed E-state index contributed by atoms with van der Waals surface area (Å²) < 4.78 is 0.913. The fourth-order valence-electron chi connectivity index (χ4n) is 1.83. The number of benzene rings is 1. The van der Waals surface area contributed by atoms with E-state index in [2.05, 4.69) is 15.9 Å². The number of hydrogen-bond acceptors (Lipinski definition) is 3. The number of aliphatic hydroxyl groups is 2. The summed E-state index contributed by atoms with van der Waals surface area (Å²) in [5, 5.41) is 18.7. The Kier molecular flexibility index (Phi) is 4.16. The van der Waals surface area contributed by atoms with Crippen molar-refractivity contribution in [3.63, 3.8) is 0 Å². The number of halogens is 1. The van der Waals surface area contributed by atoms with Crippen LogP contribution in [0.5, 0.6) is 0 Å². The summed E-state index contributed by atoms with van der Waals surface area (Å²) in [6.45, 7) is 0.362. The molecule has 0 spiro atoms. The Labute approximate surface area is 114 Å². The van der Waals surface area contributed by atoms with Gasteiger partial charge >= 0.3 is 0 Å². The topological polar surface area (TPSA) is 60.8 Å². The van der Waals surface area contributed by atoms with Crippen LogP contribution in [0.15, 0.2) is 34.8 Å². The molecule has 0 aliphatic carbocycles. The molecule has 0 bridgehead atoms. The first kappa shape index (κ1) is 13.3. The predicted octanol–water partition coefficient (Wildman–Crippen LogP) is 1.03. The van der Waals surface area contributed by atoms with Gasteiger partial charge in [-0.3, -0.25) is 4.79 Å². The van der Waals surface area contributed by atoms with Crippen molar-refractivity contribution in [3.8, 4) is 0 Å². The molecule has 0 radical (unpaired) electrons. The summed E-state index contributed by atoms with van der Waals surface area (Å²) in [6.07, 6.45) is 1.48. The van der Waals surface area contributed by atoms with Gasteiger partial charge in [-0.2, -0.15) is 0 Å². The number of carbonyl (C=O) groups excluding carboxylic acids is 1. The van der Waals surface area contributed by atoms with Gasteiger partial charge in [-0.25, -0.2) is 0 Å². The molecule has 18 heavy (non-hydrogen) atoms. The third-order valence-electron chi connectivity index (χ3n) is 2.88. The Balaban J connectivity index is 2.02. The van der Waals surface area contributed by atoms with Crippen LogP contribution < -0.4 is 0 Å². The van der Waals surface area contributed by atoms with Crippen molar-refractivity contribution in [2.45, 2.75) is 12.2 Å². The average molecular weight is 312 g/mol. The lowest BCUT2D eigenvalue weighted by molar-refractivity contribution is -0.125. The van der Waals surface area contributed by atoms with E-state index in [-0.39, 0.29) is 19.0 Å². The van der Waals surface area contributed by atoms with Crippen LogP contribution in [0.4, 0.5) is 0 Å². The quantitative estimate of drug-likeness (QED) is 0.802. The molecule has 1 heterocycles. The first-order chi connectivity index (χ1) is 8.58. The third-order valence-corrected chi connectivity index (χ3v) is 3.60. The highest BCUT2D eigenvalue weighted by Gasteiger charge is 2.31. The molecule has 96 valence electrons. The number of β-amino-alcohol motifs (C(OH)–C–C–N with tert-alkyl or cyclic N) is 2. The van der Waals surface area contributed by atoms with Crippen LogP contribution in [-0.2, 0) is 4.79 Å². The Bertz CT molecular complexity index is 465. The summed E-state index contributed by atoms with van der Waals surface area (Å²) in [4.78, 5) is 13.3. The van der Waals surface area contributed by atoms with E-state index in [9.17, 15) is 15.0 Å². The lowest BCUT2D eigenvalue weighted by atomic mass is 10.2. The molecule has 1 aliphatic rings. The van der Waals surface area contributed by atoms with Gasteiger partial charge in [0.25, 0.3) is 0 Å². The first-order valence-electron chi connectivity index (χ1n) is 5.65. The van der Waals surface area contributed by atoms with Gasteiger partial charge in [-0.15, -0.1) is 0 Å². The maximum absolute atomic E-state index is 11.8. The van der Waals surface area contributed by atoms with Gasteiger partial charge in [0, 0.05) is 23.6 Å². The number of hydrogen-bond donors (Lipinski definition) is 2. The second-order valence-electron chi connectivity index (χ2n) is 4.23. The van der Waals surface area contributed by atoms with E-state index in [1.807, 2.05) is 24.3 Å². The average Bonchev–Trinajstić information content (AvgIpc) is 2.68. The van der Waals surface area contributed by atoms with Crippen molar-refractivity contribution in [1.82, 2.24) is 4.90 Å². The van der Waals surface area contributed by atoms with Gasteiger partial charge in [-0.1, -0.05) is 34.1 Å². The lowest BCUT2D eigenvalue weighted by Crippen LogP contribution is -2.27. The first-order valence-corrected chi connectivity index (χ1v) is 6.45. The number of aliphatic hydroxyl groups excluding tert-OH is 2. The summed E-state index contributed by atoms with van der Waals surface area (Å²) in [5.41, 5.74) is 0.908. The van der Waals surface area contributed by atoms with Crippen molar-refractivity contribution in [1.29, 1.82) is 0 Å². The van der Waals surface area contributed by atoms with Gasteiger partial charge in [0.1, 0.15) is 0 Å². The van der Waals surface area contributed by atoms with Crippen LogP contribution in [0, 0.1) is 0 Å². The zero-order valence-corrected chi connectivity index (χ0v) is 11.2. The van der Waals surface area contributed by atoms with E-state index in [4.69, 9.17) is 0 Å². The second kappa shape index (κ2) is 5.65. The van der Waals surface area contributed by atoms with E-state index >= 15 is 0 Å². The molecule has 1 aromatic carbocycles. The fraction of sp³-hybridized carbons (Fsp3) is 0.308. The van der Waals surface area contributed by atoms with Gasteiger partial charge in [0.15, 0.2) is 0 Å². The second-order valence-corrected chi connectivity index (χ2v) is 5.09. The van der Waals surface area contributed by atoms with Gasteiger partial charge in [-0.05, 0) is 17.7 Å². The Morgan fingerprint density at radius 2 is 1.89 bits per heavy atom. The normalized spacial score (nSPS) is 23.8. The van der Waals surface area contributed by atoms with Crippen LogP contribution in [0.1, 0.15) is 5.56 Å². The largest absolute Gasteiger partial charge is 0.388 e. The number of amides is 1. The van der Waals surface area contributed by atoms with E-state index in [0.717, 1.165) is 10.0 Å². The monoisotopic (exact) mass is 311 g/mol. The maximum atomic E-state index is 11.8. The molecule has 4 nitrogen and oxygen atoms in total. The fourth-order valence-corrected chi connectivity index (χ4v) is 2.24. The van der Waals surface area contributed by atoms with Crippen molar-refractivity contribution < 1.29 is 15.0 Å². The lowest BCUT2D eigenvalue weighted by Gasteiger charge is -2.12. The molecule has 1 amide bonds. The zero-order chi connectivity index (χ0) is 13.1. The predicted molar refractivity (Wildman–Crippen MR) is 71.8 cm³/mol. The molecule has 1 aliphatic heterocycles. The van der Waals surface area contributed by atoms with Crippen molar-refractivity contribution in [3.05, 3.63) is 40.4 Å². The Morgan fingerprint density at radius 3 is 2.50 bits per heavy atom. The molecule has 2 unspecified atom stereocenters.